The third-order valence-corrected chi connectivity index (χ3v) is 5.13. The number of benzene rings is 1. The molecule has 1 aromatic rings. The molecule has 1 saturated heterocycles. The van der Waals surface area contributed by atoms with E-state index in [1.807, 2.05) is 0 Å². The largest absolute Gasteiger partial charge is 0.354 e. The first-order valence-electron chi connectivity index (χ1n) is 9.79. The van der Waals surface area contributed by atoms with E-state index in [1.54, 1.807) is 19.0 Å². The van der Waals surface area contributed by atoms with E-state index in [9.17, 15) is 4.79 Å². The lowest BCUT2D eigenvalue weighted by Gasteiger charge is -2.35. The van der Waals surface area contributed by atoms with E-state index in [0.29, 0.717) is 6.04 Å². The van der Waals surface area contributed by atoms with E-state index in [-0.39, 0.29) is 36.4 Å². The first-order chi connectivity index (χ1) is 12.5. The summed E-state index contributed by atoms with van der Waals surface area (Å²) in [6, 6.07) is 11.1. The highest BCUT2D eigenvalue weighted by Crippen LogP contribution is 2.21. The lowest BCUT2D eigenvalue weighted by molar-refractivity contribution is -0.127. The number of rotatable bonds is 6. The van der Waals surface area contributed by atoms with Crippen molar-refractivity contribution in [1.29, 1.82) is 0 Å². The van der Waals surface area contributed by atoms with E-state index in [1.165, 1.54) is 5.56 Å². The van der Waals surface area contributed by atoms with Gasteiger partial charge in [-0.05, 0) is 44.1 Å². The first-order valence-corrected chi connectivity index (χ1v) is 9.79. The minimum atomic E-state index is 0. The summed E-state index contributed by atoms with van der Waals surface area (Å²) in [6.07, 6.45) is 4.51. The SMILES string of the molecule is CCC(C)NC(=NCC(=O)N(C)C)N1CCC(Cc2ccccc2)CC1.I. The quantitative estimate of drug-likeness (QED) is 0.381. The van der Waals surface area contributed by atoms with Gasteiger partial charge >= 0.3 is 0 Å². The average molecular weight is 486 g/mol. The van der Waals surface area contributed by atoms with Crippen LogP contribution in [0.25, 0.3) is 0 Å². The van der Waals surface area contributed by atoms with Crippen molar-refractivity contribution >= 4 is 35.8 Å². The van der Waals surface area contributed by atoms with Crippen molar-refractivity contribution in [2.75, 3.05) is 33.7 Å². The molecular formula is C21H35IN4O. The summed E-state index contributed by atoms with van der Waals surface area (Å²) in [5, 5.41) is 3.50. The zero-order chi connectivity index (χ0) is 18.9. The average Bonchev–Trinajstić information content (AvgIpc) is 2.66. The molecule has 1 amide bonds. The van der Waals surface area contributed by atoms with E-state index >= 15 is 0 Å². The molecule has 27 heavy (non-hydrogen) atoms. The zero-order valence-electron chi connectivity index (χ0n) is 17.1. The number of amides is 1. The third-order valence-electron chi connectivity index (χ3n) is 5.13. The number of likely N-dealkylation sites (tertiary alicyclic amines) is 1. The fourth-order valence-electron chi connectivity index (χ4n) is 3.14. The zero-order valence-corrected chi connectivity index (χ0v) is 19.5. The third kappa shape index (κ3) is 8.07. The van der Waals surface area contributed by atoms with E-state index in [4.69, 9.17) is 0 Å². The van der Waals surface area contributed by atoms with Crippen molar-refractivity contribution in [3.63, 3.8) is 0 Å². The fraction of sp³-hybridized carbons (Fsp3) is 0.619. The van der Waals surface area contributed by atoms with Crippen molar-refractivity contribution in [3.8, 4) is 0 Å². The van der Waals surface area contributed by atoms with E-state index in [0.717, 1.165) is 50.7 Å². The summed E-state index contributed by atoms with van der Waals surface area (Å²) in [7, 11) is 3.55. The van der Waals surface area contributed by atoms with Crippen LogP contribution >= 0.6 is 24.0 Å². The molecule has 2 rings (SSSR count). The second-order valence-electron chi connectivity index (χ2n) is 7.50. The Balaban J connectivity index is 0.00000364. The Morgan fingerprint density at radius 1 is 1.26 bits per heavy atom. The Morgan fingerprint density at radius 3 is 2.44 bits per heavy atom. The molecule has 1 aromatic carbocycles. The van der Waals surface area contributed by atoms with Gasteiger partial charge in [-0.1, -0.05) is 37.3 Å². The van der Waals surface area contributed by atoms with Crippen molar-refractivity contribution in [1.82, 2.24) is 15.1 Å². The van der Waals surface area contributed by atoms with Crippen LogP contribution in [0.3, 0.4) is 0 Å². The molecule has 0 saturated carbocycles. The van der Waals surface area contributed by atoms with Gasteiger partial charge in [-0.2, -0.15) is 0 Å². The van der Waals surface area contributed by atoms with Gasteiger partial charge in [0.1, 0.15) is 6.54 Å². The number of nitrogens with zero attached hydrogens (tertiary/aromatic N) is 3. The fourth-order valence-corrected chi connectivity index (χ4v) is 3.14. The van der Waals surface area contributed by atoms with Crippen molar-refractivity contribution in [2.24, 2.45) is 10.9 Å². The number of carbonyl (C=O) groups excluding carboxylic acids is 1. The summed E-state index contributed by atoms with van der Waals surface area (Å²) < 4.78 is 0. The van der Waals surface area contributed by atoms with Gasteiger partial charge in [0.05, 0.1) is 0 Å². The van der Waals surface area contributed by atoms with Gasteiger partial charge < -0.3 is 15.1 Å². The topological polar surface area (TPSA) is 47.9 Å². The second kappa shape index (κ2) is 12.2. The molecule has 0 radical (unpaired) electrons. The number of carbonyl (C=O) groups is 1. The summed E-state index contributed by atoms with van der Waals surface area (Å²) in [6.45, 7) is 6.51. The van der Waals surface area contributed by atoms with Gasteiger partial charge in [-0.15, -0.1) is 24.0 Å². The molecule has 152 valence electrons. The molecule has 1 aliphatic heterocycles. The number of hydrogen-bond donors (Lipinski definition) is 1. The Hall–Kier alpha value is -1.31. The van der Waals surface area contributed by atoms with Crippen LogP contribution in [0.5, 0.6) is 0 Å². The Bertz CT molecular complexity index is 583. The summed E-state index contributed by atoms with van der Waals surface area (Å²) in [4.78, 5) is 20.4. The number of nitrogens with one attached hydrogen (secondary N) is 1. The molecule has 0 bridgehead atoms. The first kappa shape index (κ1) is 23.7. The van der Waals surface area contributed by atoms with Crippen LogP contribution in [-0.2, 0) is 11.2 Å². The molecule has 1 atom stereocenters. The number of aliphatic imine (C=N–C) groups is 1. The van der Waals surface area contributed by atoms with Gasteiger partial charge in [0, 0.05) is 33.2 Å². The van der Waals surface area contributed by atoms with E-state index < -0.39 is 0 Å². The summed E-state index contributed by atoms with van der Waals surface area (Å²) in [5.74, 6) is 1.64. The molecule has 0 spiro atoms. The minimum Gasteiger partial charge on any atom is -0.354 e. The molecule has 6 heteroatoms. The molecule has 1 unspecified atom stereocenters. The monoisotopic (exact) mass is 486 g/mol. The number of guanidine groups is 1. The van der Waals surface area contributed by atoms with Crippen LogP contribution in [0.2, 0.25) is 0 Å². The normalized spacial score (nSPS) is 16.4. The maximum Gasteiger partial charge on any atom is 0.243 e. The highest BCUT2D eigenvalue weighted by Gasteiger charge is 2.22. The van der Waals surface area contributed by atoms with Gasteiger partial charge in [0.25, 0.3) is 0 Å². The van der Waals surface area contributed by atoms with Gasteiger partial charge in [0.15, 0.2) is 5.96 Å². The van der Waals surface area contributed by atoms with Crippen LogP contribution in [0, 0.1) is 5.92 Å². The predicted molar refractivity (Wildman–Crippen MR) is 124 cm³/mol. The Morgan fingerprint density at radius 2 is 1.89 bits per heavy atom. The number of likely N-dealkylation sites (N-methyl/N-ethyl adjacent to an activating group) is 1. The van der Waals surface area contributed by atoms with Gasteiger partial charge in [-0.3, -0.25) is 4.79 Å². The van der Waals surface area contributed by atoms with Crippen LogP contribution in [-0.4, -0.2) is 61.4 Å². The smallest absolute Gasteiger partial charge is 0.243 e. The molecule has 1 aliphatic rings. The Labute approximate surface area is 181 Å². The van der Waals surface area contributed by atoms with Gasteiger partial charge in [-0.25, -0.2) is 4.99 Å². The molecule has 0 aromatic heterocycles. The molecule has 5 nitrogen and oxygen atoms in total. The van der Waals surface area contributed by atoms with Crippen molar-refractivity contribution in [3.05, 3.63) is 35.9 Å². The highest BCUT2D eigenvalue weighted by atomic mass is 127. The maximum atomic E-state index is 11.9. The number of piperidine rings is 1. The number of hydrogen-bond acceptors (Lipinski definition) is 2. The van der Waals surface area contributed by atoms with Gasteiger partial charge in [0.2, 0.25) is 5.91 Å². The lowest BCUT2D eigenvalue weighted by atomic mass is 9.90. The van der Waals surface area contributed by atoms with Crippen molar-refractivity contribution in [2.45, 2.75) is 45.6 Å². The Kier molecular flexibility index (Phi) is 10.7. The standard InChI is InChI=1S/C21H34N4O.HI/c1-5-17(2)23-21(22-16-20(26)24(3)4)25-13-11-19(12-14-25)15-18-9-7-6-8-10-18;/h6-10,17,19H,5,11-16H2,1-4H3,(H,22,23);1H. The minimum absolute atomic E-state index is 0. The van der Waals surface area contributed by atoms with Crippen LogP contribution in [0.4, 0.5) is 0 Å². The lowest BCUT2D eigenvalue weighted by Crippen LogP contribution is -2.48. The molecular weight excluding hydrogens is 451 g/mol. The van der Waals surface area contributed by atoms with Crippen LogP contribution in [0.1, 0.15) is 38.7 Å². The molecule has 1 N–H and O–H groups in total. The summed E-state index contributed by atoms with van der Waals surface area (Å²) >= 11 is 0. The van der Waals surface area contributed by atoms with Crippen LogP contribution in [0.15, 0.2) is 35.3 Å². The highest BCUT2D eigenvalue weighted by molar-refractivity contribution is 14.0. The molecule has 0 aliphatic carbocycles. The maximum absolute atomic E-state index is 11.9. The predicted octanol–water partition coefficient (Wildman–Crippen LogP) is 3.39. The molecule has 1 fully saturated rings. The van der Waals surface area contributed by atoms with E-state index in [2.05, 4.69) is 59.4 Å². The second-order valence-corrected chi connectivity index (χ2v) is 7.50. The van der Waals surface area contributed by atoms with Crippen molar-refractivity contribution < 1.29 is 4.79 Å². The number of halogens is 1. The summed E-state index contributed by atoms with van der Waals surface area (Å²) in [5.41, 5.74) is 1.43. The van der Waals surface area contributed by atoms with Crippen LogP contribution < -0.4 is 5.32 Å². The molecule has 1 heterocycles.